The number of fused-ring (bicyclic) bond motifs is 1. The molecule has 2 fully saturated rings. The molecule has 1 amide bonds. The van der Waals surface area contributed by atoms with Gasteiger partial charge in [0.25, 0.3) is 0 Å². The highest BCUT2D eigenvalue weighted by Gasteiger charge is 2.30. The van der Waals surface area contributed by atoms with Gasteiger partial charge in [0.1, 0.15) is 10.6 Å². The number of rotatable bonds is 8. The van der Waals surface area contributed by atoms with Gasteiger partial charge in [0.2, 0.25) is 11.9 Å². The number of nitrogens with zero attached hydrogens (tertiary/aromatic N) is 1. The van der Waals surface area contributed by atoms with Crippen LogP contribution in [-0.4, -0.2) is 30.8 Å². The second-order valence-corrected chi connectivity index (χ2v) is 9.46. The highest BCUT2D eigenvalue weighted by atomic mass is 32.2. The van der Waals surface area contributed by atoms with Crippen molar-refractivity contribution >= 4 is 38.7 Å². The van der Waals surface area contributed by atoms with E-state index in [1.54, 1.807) is 30.3 Å². The fourth-order valence-electron chi connectivity index (χ4n) is 3.16. The monoisotopic (exact) mass is 426 g/mol. The van der Waals surface area contributed by atoms with Crippen molar-refractivity contribution in [2.24, 2.45) is 11.8 Å². The van der Waals surface area contributed by atoms with Crippen LogP contribution in [0, 0.1) is 11.8 Å². The van der Waals surface area contributed by atoms with Crippen LogP contribution in [-0.2, 0) is 14.9 Å². The molecule has 0 radical (unpaired) electrons. The minimum atomic E-state index is -3.96. The molecule has 0 spiro atoms. The molecule has 1 heterocycles. The van der Waals surface area contributed by atoms with E-state index in [2.05, 4.69) is 20.6 Å². The van der Waals surface area contributed by atoms with E-state index in [9.17, 15) is 13.2 Å². The molecule has 5 rings (SSSR count). The van der Waals surface area contributed by atoms with E-state index < -0.39 is 10.1 Å². The van der Waals surface area contributed by atoms with Gasteiger partial charge in [-0.3, -0.25) is 10.1 Å². The average Bonchev–Trinajstić information content (AvgIpc) is 3.63. The first-order chi connectivity index (χ1) is 14.5. The fraction of sp³-hybridized carbons (Fsp3) is 0.333. The highest BCUT2D eigenvalue weighted by Crippen LogP contribution is 2.31. The number of imidazole rings is 1. The average molecular weight is 426 g/mol. The molecule has 2 aliphatic carbocycles. The van der Waals surface area contributed by atoms with Gasteiger partial charge in [-0.05, 0) is 68.0 Å². The Morgan fingerprint density at radius 1 is 1.10 bits per heavy atom. The van der Waals surface area contributed by atoms with Crippen molar-refractivity contribution in [2.45, 2.75) is 30.6 Å². The van der Waals surface area contributed by atoms with Gasteiger partial charge in [0, 0.05) is 24.2 Å². The summed E-state index contributed by atoms with van der Waals surface area (Å²) in [5.74, 6) is 1.26. The lowest BCUT2D eigenvalue weighted by Gasteiger charge is -2.09. The van der Waals surface area contributed by atoms with E-state index in [-0.39, 0.29) is 22.5 Å². The quantitative estimate of drug-likeness (QED) is 0.475. The fourth-order valence-corrected chi connectivity index (χ4v) is 4.09. The van der Waals surface area contributed by atoms with Crippen molar-refractivity contribution < 1.29 is 17.4 Å². The van der Waals surface area contributed by atoms with Crippen LogP contribution in [0.1, 0.15) is 25.7 Å². The van der Waals surface area contributed by atoms with Gasteiger partial charge >= 0.3 is 10.1 Å². The minimum Gasteiger partial charge on any atom is -0.385 e. The number of hydrogen-bond acceptors (Lipinski definition) is 6. The maximum absolute atomic E-state index is 12.6. The zero-order chi connectivity index (χ0) is 20.7. The maximum atomic E-state index is 12.6. The van der Waals surface area contributed by atoms with Crippen molar-refractivity contribution in [3.8, 4) is 5.75 Å². The Labute approximate surface area is 174 Å². The standard InChI is InChI=1S/C21H22N4O4S/c26-20(14-3-4-14)25-21-23-18-10-7-16(11-19(18)24-21)29-30(27,28)17-8-5-15(6-9-17)22-12-13-1-2-13/h5-11,13-14,22H,1-4,12H2,(H2,23,24,25,26). The van der Waals surface area contributed by atoms with Crippen LogP contribution >= 0.6 is 0 Å². The number of carbonyl (C=O) groups excluding carboxylic acids is 1. The van der Waals surface area contributed by atoms with Crippen LogP contribution in [0.4, 0.5) is 11.6 Å². The van der Waals surface area contributed by atoms with Gasteiger partial charge in [-0.25, -0.2) is 4.98 Å². The van der Waals surface area contributed by atoms with E-state index in [0.717, 1.165) is 31.0 Å². The van der Waals surface area contributed by atoms with Crippen LogP contribution in [0.5, 0.6) is 5.75 Å². The molecule has 2 aromatic carbocycles. The van der Waals surface area contributed by atoms with E-state index in [1.807, 2.05) is 0 Å². The summed E-state index contributed by atoms with van der Waals surface area (Å²) in [6, 6.07) is 11.3. The van der Waals surface area contributed by atoms with Crippen LogP contribution in [0.15, 0.2) is 47.4 Å². The molecule has 0 aliphatic heterocycles. The van der Waals surface area contributed by atoms with Gasteiger partial charge in [0.15, 0.2) is 0 Å². The van der Waals surface area contributed by atoms with Crippen molar-refractivity contribution in [2.75, 3.05) is 17.2 Å². The second-order valence-electron chi connectivity index (χ2n) is 7.91. The Morgan fingerprint density at radius 3 is 2.57 bits per heavy atom. The largest absolute Gasteiger partial charge is 0.385 e. The third-order valence-electron chi connectivity index (χ3n) is 5.28. The zero-order valence-electron chi connectivity index (χ0n) is 16.2. The first-order valence-electron chi connectivity index (χ1n) is 10.1. The SMILES string of the molecule is O=C(Nc1nc2ccc(OS(=O)(=O)c3ccc(NCC4CC4)cc3)cc2[nH]1)C1CC1. The number of anilines is 2. The van der Waals surface area contributed by atoms with Gasteiger partial charge < -0.3 is 14.5 Å². The van der Waals surface area contributed by atoms with Crippen molar-refractivity contribution in [1.29, 1.82) is 0 Å². The predicted molar refractivity (Wildman–Crippen MR) is 113 cm³/mol. The minimum absolute atomic E-state index is 0.0526. The third kappa shape index (κ3) is 4.25. The van der Waals surface area contributed by atoms with Crippen molar-refractivity contribution in [3.63, 3.8) is 0 Å². The summed E-state index contributed by atoms with van der Waals surface area (Å²) in [5.41, 5.74) is 2.07. The lowest BCUT2D eigenvalue weighted by Crippen LogP contribution is -2.14. The third-order valence-corrected chi connectivity index (χ3v) is 6.55. The number of benzene rings is 2. The number of amides is 1. The first-order valence-corrected chi connectivity index (χ1v) is 11.5. The molecule has 0 atom stereocenters. The molecule has 2 saturated carbocycles. The predicted octanol–water partition coefficient (Wildman–Crippen LogP) is 3.50. The lowest BCUT2D eigenvalue weighted by atomic mass is 10.3. The van der Waals surface area contributed by atoms with Gasteiger partial charge in [-0.2, -0.15) is 8.42 Å². The number of nitrogens with one attached hydrogen (secondary N) is 3. The molecular formula is C21H22N4O4S. The summed E-state index contributed by atoms with van der Waals surface area (Å²) in [5, 5.41) is 6.05. The molecule has 3 N–H and O–H groups in total. The normalized spacial score (nSPS) is 16.4. The highest BCUT2D eigenvalue weighted by molar-refractivity contribution is 7.87. The second kappa shape index (κ2) is 7.32. The Kier molecular flexibility index (Phi) is 4.62. The molecule has 8 nitrogen and oxygen atoms in total. The molecule has 0 unspecified atom stereocenters. The molecule has 0 saturated heterocycles. The van der Waals surface area contributed by atoms with Crippen molar-refractivity contribution in [1.82, 2.24) is 9.97 Å². The molecule has 2 aliphatic rings. The van der Waals surface area contributed by atoms with Crippen LogP contribution < -0.4 is 14.8 Å². The maximum Gasteiger partial charge on any atom is 0.339 e. The summed E-state index contributed by atoms with van der Waals surface area (Å²) in [6.45, 7) is 0.913. The van der Waals surface area contributed by atoms with Crippen LogP contribution in [0.2, 0.25) is 0 Å². The van der Waals surface area contributed by atoms with E-state index in [0.29, 0.717) is 17.0 Å². The molecule has 0 bridgehead atoms. The Hall–Kier alpha value is -3.07. The molecule has 30 heavy (non-hydrogen) atoms. The summed E-state index contributed by atoms with van der Waals surface area (Å²) in [4.78, 5) is 19.3. The Bertz CT molecular complexity index is 1200. The molecule has 1 aromatic heterocycles. The van der Waals surface area contributed by atoms with E-state index in [4.69, 9.17) is 4.18 Å². The summed E-state index contributed by atoms with van der Waals surface area (Å²) < 4.78 is 30.6. The smallest absolute Gasteiger partial charge is 0.339 e. The van der Waals surface area contributed by atoms with Gasteiger partial charge in [-0.15, -0.1) is 0 Å². The zero-order valence-corrected chi connectivity index (χ0v) is 17.0. The van der Waals surface area contributed by atoms with E-state index >= 15 is 0 Å². The number of hydrogen-bond donors (Lipinski definition) is 3. The van der Waals surface area contributed by atoms with E-state index in [1.165, 1.54) is 25.0 Å². The molecular weight excluding hydrogens is 404 g/mol. The lowest BCUT2D eigenvalue weighted by molar-refractivity contribution is -0.117. The summed E-state index contributed by atoms with van der Waals surface area (Å²) in [7, 11) is -3.96. The summed E-state index contributed by atoms with van der Waals surface area (Å²) in [6.07, 6.45) is 4.31. The van der Waals surface area contributed by atoms with Crippen LogP contribution in [0.25, 0.3) is 11.0 Å². The van der Waals surface area contributed by atoms with Gasteiger partial charge in [-0.1, -0.05) is 0 Å². The number of carbonyl (C=O) groups is 1. The molecule has 9 heteroatoms. The Morgan fingerprint density at radius 2 is 1.87 bits per heavy atom. The van der Waals surface area contributed by atoms with Crippen LogP contribution in [0.3, 0.4) is 0 Å². The number of aromatic nitrogens is 2. The van der Waals surface area contributed by atoms with Gasteiger partial charge in [0.05, 0.1) is 11.0 Å². The molecule has 3 aromatic rings. The molecule has 156 valence electrons. The number of H-pyrrole nitrogens is 1. The number of aromatic amines is 1. The summed E-state index contributed by atoms with van der Waals surface area (Å²) >= 11 is 0. The Balaban J connectivity index is 1.28. The topological polar surface area (TPSA) is 113 Å². The van der Waals surface area contributed by atoms with Crippen molar-refractivity contribution in [3.05, 3.63) is 42.5 Å². The first kappa shape index (κ1) is 18.9.